The highest BCUT2D eigenvalue weighted by Crippen LogP contribution is 2.44. The van der Waals surface area contributed by atoms with E-state index in [4.69, 9.17) is 18.8 Å². The highest BCUT2D eigenvalue weighted by molar-refractivity contribution is 6.33. The molecular formula is C46H26N2O2. The van der Waals surface area contributed by atoms with Crippen molar-refractivity contribution in [1.82, 2.24) is 9.97 Å². The molecule has 0 amide bonds. The minimum absolute atomic E-state index is 0.646. The van der Waals surface area contributed by atoms with E-state index in [1.54, 1.807) is 0 Å². The molecule has 0 spiro atoms. The van der Waals surface area contributed by atoms with E-state index in [9.17, 15) is 0 Å². The Balaban J connectivity index is 1.12. The van der Waals surface area contributed by atoms with Crippen molar-refractivity contribution < 1.29 is 8.83 Å². The molecule has 11 rings (SSSR count). The number of aromatic nitrogens is 2. The van der Waals surface area contributed by atoms with Crippen LogP contribution in [0.2, 0.25) is 0 Å². The number of hydrogen-bond acceptors (Lipinski definition) is 4. The van der Waals surface area contributed by atoms with Gasteiger partial charge in [0.05, 0.1) is 0 Å². The zero-order valence-corrected chi connectivity index (χ0v) is 26.7. The normalized spacial score (nSPS) is 12.0. The van der Waals surface area contributed by atoms with Crippen LogP contribution < -0.4 is 0 Å². The molecule has 0 aliphatic carbocycles. The van der Waals surface area contributed by atoms with Gasteiger partial charge >= 0.3 is 0 Å². The molecule has 0 aliphatic heterocycles. The molecule has 0 saturated heterocycles. The lowest BCUT2D eigenvalue weighted by Gasteiger charge is -2.11. The molecule has 3 heterocycles. The second-order valence-corrected chi connectivity index (χ2v) is 12.9. The van der Waals surface area contributed by atoms with Gasteiger partial charge in [0.1, 0.15) is 28.0 Å². The molecule has 4 nitrogen and oxygen atoms in total. The quantitative estimate of drug-likeness (QED) is 0.180. The molecule has 0 fully saturated rings. The Hall–Kier alpha value is -6.78. The summed E-state index contributed by atoms with van der Waals surface area (Å²) in [6.45, 7) is 0. The predicted octanol–water partition coefficient (Wildman–Crippen LogP) is 12.7. The van der Waals surface area contributed by atoms with E-state index < -0.39 is 0 Å². The average Bonchev–Trinajstić information content (AvgIpc) is 3.76. The van der Waals surface area contributed by atoms with E-state index in [1.807, 2.05) is 24.3 Å². The molecule has 0 atom stereocenters. The molecule has 0 radical (unpaired) electrons. The fourth-order valence-corrected chi connectivity index (χ4v) is 7.73. The summed E-state index contributed by atoms with van der Waals surface area (Å²) in [5, 5.41) is 8.21. The summed E-state index contributed by atoms with van der Waals surface area (Å²) in [7, 11) is 0. The van der Waals surface area contributed by atoms with Crippen molar-refractivity contribution in [3.05, 3.63) is 158 Å². The Kier molecular flexibility index (Phi) is 5.63. The van der Waals surface area contributed by atoms with Gasteiger partial charge in [-0.2, -0.15) is 0 Å². The van der Waals surface area contributed by atoms with E-state index in [0.29, 0.717) is 11.4 Å². The van der Waals surface area contributed by atoms with Crippen LogP contribution in [0.3, 0.4) is 0 Å². The summed E-state index contributed by atoms with van der Waals surface area (Å²) in [4.78, 5) is 10.4. The van der Waals surface area contributed by atoms with Gasteiger partial charge in [0.25, 0.3) is 0 Å². The fraction of sp³-hybridized carbons (Fsp3) is 0. The first-order valence-corrected chi connectivity index (χ1v) is 16.8. The summed E-state index contributed by atoms with van der Waals surface area (Å²) in [5.74, 6) is 0.646. The number of benzene rings is 8. The van der Waals surface area contributed by atoms with Gasteiger partial charge in [0.15, 0.2) is 11.4 Å². The number of nitrogens with zero attached hydrogens (tertiary/aromatic N) is 2. The Labute approximate surface area is 286 Å². The number of rotatable bonds is 4. The zero-order chi connectivity index (χ0) is 32.8. The second kappa shape index (κ2) is 10.4. The molecule has 0 N–H and O–H groups in total. The summed E-state index contributed by atoms with van der Waals surface area (Å²) in [6, 6.07) is 54.9. The van der Waals surface area contributed by atoms with Crippen molar-refractivity contribution >= 4 is 65.6 Å². The molecule has 11 aromatic rings. The maximum atomic E-state index is 6.51. The van der Waals surface area contributed by atoms with Crippen LogP contribution in [0.5, 0.6) is 0 Å². The molecule has 0 saturated carbocycles. The van der Waals surface area contributed by atoms with Crippen molar-refractivity contribution in [1.29, 1.82) is 0 Å². The van der Waals surface area contributed by atoms with Gasteiger partial charge in [0.2, 0.25) is 0 Å². The van der Waals surface area contributed by atoms with Crippen molar-refractivity contribution in [2.24, 2.45) is 0 Å². The van der Waals surface area contributed by atoms with Crippen LogP contribution in [0.25, 0.3) is 110 Å². The number of hydrogen-bond donors (Lipinski definition) is 0. The lowest BCUT2D eigenvalue weighted by atomic mass is 9.92. The first-order chi connectivity index (χ1) is 24.8. The molecule has 4 heteroatoms. The van der Waals surface area contributed by atoms with Gasteiger partial charge in [0, 0.05) is 27.3 Å². The molecule has 0 aliphatic rings. The number of fused-ring (bicyclic) bond motifs is 6. The highest BCUT2D eigenvalue weighted by atomic mass is 16.3. The van der Waals surface area contributed by atoms with Crippen LogP contribution >= 0.6 is 0 Å². The second-order valence-electron chi connectivity index (χ2n) is 12.9. The highest BCUT2D eigenvalue weighted by Gasteiger charge is 2.21. The molecule has 0 unspecified atom stereocenters. The summed E-state index contributed by atoms with van der Waals surface area (Å²) >= 11 is 0. The zero-order valence-electron chi connectivity index (χ0n) is 26.7. The minimum atomic E-state index is 0.646. The summed E-state index contributed by atoms with van der Waals surface area (Å²) < 4.78 is 13.0. The first-order valence-electron chi connectivity index (χ1n) is 16.8. The Morgan fingerprint density at radius 2 is 0.940 bits per heavy atom. The summed E-state index contributed by atoms with van der Waals surface area (Å²) in [6.07, 6.45) is 0. The predicted molar refractivity (Wildman–Crippen MR) is 205 cm³/mol. The smallest absolute Gasteiger partial charge is 0.180 e. The third-order valence-electron chi connectivity index (χ3n) is 10.0. The van der Waals surface area contributed by atoms with E-state index in [-0.39, 0.29) is 0 Å². The Morgan fingerprint density at radius 1 is 0.340 bits per heavy atom. The molecule has 50 heavy (non-hydrogen) atoms. The topological polar surface area (TPSA) is 52.1 Å². The van der Waals surface area contributed by atoms with Gasteiger partial charge < -0.3 is 8.83 Å². The molecule has 232 valence electrons. The van der Waals surface area contributed by atoms with E-state index in [2.05, 4.69) is 133 Å². The van der Waals surface area contributed by atoms with E-state index in [0.717, 1.165) is 66.7 Å². The lowest BCUT2D eigenvalue weighted by Crippen LogP contribution is -1.94. The molecule has 0 bridgehead atoms. The van der Waals surface area contributed by atoms with Crippen molar-refractivity contribution in [3.8, 4) is 44.9 Å². The maximum Gasteiger partial charge on any atom is 0.180 e. The van der Waals surface area contributed by atoms with Crippen LogP contribution in [0.4, 0.5) is 0 Å². The SMILES string of the molecule is c1ccc(-c2cccc(-c3nc(-c4cccc(-c5cc6oc7cccc8c9ccccc9c(c5)c6c78)c4)nc4c3oc3ccccc34)c2)cc1. The van der Waals surface area contributed by atoms with E-state index in [1.165, 1.54) is 32.3 Å². The molecule has 8 aromatic carbocycles. The first kappa shape index (κ1) is 27.2. The number of furan rings is 2. The van der Waals surface area contributed by atoms with Crippen molar-refractivity contribution in [2.75, 3.05) is 0 Å². The van der Waals surface area contributed by atoms with Gasteiger partial charge in [-0.05, 0) is 86.3 Å². The van der Waals surface area contributed by atoms with Crippen molar-refractivity contribution in [3.63, 3.8) is 0 Å². The Bertz CT molecular complexity index is 3100. The maximum absolute atomic E-state index is 6.51. The standard InChI is InChI=1S/C46H26N2O2/c1-2-11-27(12-3-1)28-13-8-15-30(23-28)43-45-44(36-19-6-7-21-38(36)50-45)48-46(47-43)31-16-9-14-29(24-31)32-25-37-34-18-5-4-17-33(34)35-20-10-22-39-41(35)42(37)40(26-32)49-39/h1-26H. The molecule has 3 aromatic heterocycles. The van der Waals surface area contributed by atoms with Crippen LogP contribution in [0.1, 0.15) is 0 Å². The van der Waals surface area contributed by atoms with Crippen LogP contribution in [0, 0.1) is 0 Å². The van der Waals surface area contributed by atoms with Gasteiger partial charge in [-0.3, -0.25) is 0 Å². The fourth-order valence-electron chi connectivity index (χ4n) is 7.73. The minimum Gasteiger partial charge on any atom is -0.456 e. The lowest BCUT2D eigenvalue weighted by molar-refractivity contribution is 0.667. The monoisotopic (exact) mass is 638 g/mol. The van der Waals surface area contributed by atoms with Gasteiger partial charge in [-0.25, -0.2) is 9.97 Å². The van der Waals surface area contributed by atoms with Crippen LogP contribution in [-0.4, -0.2) is 9.97 Å². The van der Waals surface area contributed by atoms with Crippen LogP contribution in [-0.2, 0) is 0 Å². The van der Waals surface area contributed by atoms with Gasteiger partial charge in [-0.15, -0.1) is 0 Å². The summed E-state index contributed by atoms with van der Waals surface area (Å²) in [5.41, 5.74) is 11.2. The average molecular weight is 639 g/mol. The van der Waals surface area contributed by atoms with E-state index >= 15 is 0 Å². The third-order valence-corrected chi connectivity index (χ3v) is 10.0. The largest absolute Gasteiger partial charge is 0.456 e. The molecular weight excluding hydrogens is 613 g/mol. The Morgan fingerprint density at radius 3 is 1.80 bits per heavy atom. The van der Waals surface area contributed by atoms with Crippen molar-refractivity contribution in [2.45, 2.75) is 0 Å². The number of para-hydroxylation sites is 1. The van der Waals surface area contributed by atoms with Gasteiger partial charge in [-0.1, -0.05) is 115 Å². The third kappa shape index (κ3) is 3.99. The van der Waals surface area contributed by atoms with Crippen LogP contribution in [0.15, 0.2) is 167 Å².